The first-order valence-electron chi connectivity index (χ1n) is 41.0. The molecule has 7 amide bonds. The van der Waals surface area contributed by atoms with Crippen LogP contribution >= 0.6 is 0 Å². The van der Waals surface area contributed by atoms with Gasteiger partial charge in [0.05, 0.1) is 76.2 Å². The van der Waals surface area contributed by atoms with Crippen molar-refractivity contribution in [3.63, 3.8) is 0 Å². The molecule has 0 unspecified atom stereocenters. The molecule has 7 aromatic rings. The van der Waals surface area contributed by atoms with Crippen molar-refractivity contribution in [2.45, 2.75) is 184 Å². The van der Waals surface area contributed by atoms with Gasteiger partial charge in [-0.3, -0.25) is 38.4 Å². The van der Waals surface area contributed by atoms with Gasteiger partial charge in [-0.15, -0.1) is 0 Å². The Morgan fingerprint density at radius 3 is 1.09 bits per heavy atom. The van der Waals surface area contributed by atoms with E-state index in [1.807, 2.05) is 0 Å². The number of fused-ring (bicyclic) bond motifs is 16. The van der Waals surface area contributed by atoms with Crippen molar-refractivity contribution in [2.75, 3.05) is 27.2 Å². The van der Waals surface area contributed by atoms with Crippen LogP contribution in [0.1, 0.15) is 163 Å². The quantitative estimate of drug-likeness (QED) is 0.0631. The second-order valence-corrected chi connectivity index (χ2v) is 33.3. The molecule has 5 aliphatic carbocycles. The molecule has 0 radical (unpaired) electrons. The molecular formula is C86H85F4N7O32. The Bertz CT molecular complexity index is 5660. The first-order valence-corrected chi connectivity index (χ1v) is 41.0. The number of aromatic hydroxyl groups is 4. The van der Waals surface area contributed by atoms with Crippen molar-refractivity contribution in [3.8, 4) is 69.0 Å². The van der Waals surface area contributed by atoms with E-state index in [9.17, 15) is 138 Å². The van der Waals surface area contributed by atoms with Crippen LogP contribution in [0.15, 0.2) is 103 Å². The number of aliphatic hydroxyl groups excluding tert-OH is 12. The molecule has 684 valence electrons. The maximum atomic E-state index is 13.2. The van der Waals surface area contributed by atoms with E-state index in [1.54, 1.807) is 30.3 Å². The number of phenols is 4. The number of halogens is 4. The van der Waals surface area contributed by atoms with Crippen LogP contribution in [-0.4, -0.2) is 272 Å². The molecule has 129 heavy (non-hydrogen) atoms. The molecule has 5 saturated carbocycles. The number of Topliss-reactive ketones (excluding diaryl/α,β-unsaturated/α-hetero) is 1. The van der Waals surface area contributed by atoms with Crippen molar-refractivity contribution in [3.05, 3.63) is 176 Å². The summed E-state index contributed by atoms with van der Waals surface area (Å²) in [5.41, 5.74) is -0.456. The first-order chi connectivity index (χ1) is 61.5. The molecule has 8 heterocycles. The van der Waals surface area contributed by atoms with Crippen LogP contribution in [0.25, 0.3) is 0 Å². The zero-order valence-electron chi connectivity index (χ0n) is 67.0. The van der Waals surface area contributed by atoms with E-state index in [4.69, 9.17) is 37.9 Å². The molecule has 23 N–H and O–H groups in total. The van der Waals surface area contributed by atoms with Gasteiger partial charge in [-0.25, -0.2) is 4.39 Å². The average molecular weight is 1800 g/mol. The van der Waals surface area contributed by atoms with Crippen molar-refractivity contribution in [1.29, 1.82) is 0 Å². The lowest BCUT2D eigenvalue weighted by Gasteiger charge is -2.49. The second kappa shape index (κ2) is 34.4. The van der Waals surface area contributed by atoms with Crippen molar-refractivity contribution < 1.29 is 176 Å². The van der Waals surface area contributed by atoms with Crippen molar-refractivity contribution >= 4 is 47.1 Å². The molecule has 0 bridgehead atoms. The number of amides is 7. The number of phenolic OH excluding ortho intramolecular Hbond substituents is 4. The van der Waals surface area contributed by atoms with Crippen molar-refractivity contribution in [2.24, 2.45) is 11.8 Å². The summed E-state index contributed by atoms with van der Waals surface area (Å²) in [6, 6.07) is 14.9. The number of benzene rings is 7. The number of rotatable bonds is 9. The third-order valence-corrected chi connectivity index (χ3v) is 26.1. The molecule has 7 aromatic carbocycles. The average Bonchev–Trinajstić information content (AvgIpc) is 1.60. The standard InChI is InChI=1S/C22H19F3N2O8.C22H21NO8.C21H19FN2O8.C21H26N2O8/c23-22(24,25)8-3-1-2-7(4-8)20(32)26-13-11-9-5-10-19(35-6-34-10)15(28)12(9)21(33)27-14(11)17(30)18(31)16(13)29;24-12(9-4-2-1-3-5-9)6-11-14-10-7-13-21(31-8-30-13)18(26)15(10)22(29)23-16(14)19(27)20(28)17(11)25;22-8-3-1-7(2-4-8)20(29)23-13-11-9-5-10-19(32-6-31-10)15(25)12(9)21(30)24-14(11)17(27)18(28)16(13)26;24-15-12-9(6-10-19(15)31-7-30-10)11-13(22-20(28)8-4-2-1-3-5-8)16(25)18(27)17(26)14(11)23-21(12)29/h1-5,11,13-14,16-18,28-31H,6H2,(H,26,32)(H,27,33);1-5,7,11,14,16-17,19-20,25-28H,6,8H2,(H,23,29);1-5,11,13-14,16-18,25-28H,6H2,(H,23,29)(H,24,30);6,8,11,13-14,16-18,24-27H,1-5,7H2,(H,22,28)(H,23,29)/t11-,13+,14+,16-,17-,18+;11-,14+,16-,17+,19+,20-;2*11-,13+,14+,16-,17-,18+/m0100/s1. The lowest BCUT2D eigenvalue weighted by Crippen LogP contribution is -2.70. The summed E-state index contributed by atoms with van der Waals surface area (Å²) in [4.78, 5) is 103. The van der Waals surface area contributed by atoms with E-state index in [-0.39, 0.29) is 142 Å². The lowest BCUT2D eigenvalue weighted by molar-refractivity contribution is -0.138. The highest BCUT2D eigenvalue weighted by Crippen LogP contribution is 2.57. The Kier molecular flexibility index (Phi) is 23.6. The SMILES string of the molecule is O=C(C[C@H]1[C@H](O)[C@@H](O)[C@@H](O)[C@@H]2NC(=O)c3c(cc4c(c3O)OCO4)[C@@H]12)c1ccccc1.O=C(N[C@H]1[C@H](O)[C@@H](O)[C@@H](O)[C@@H]2NC(=O)c3c(cc4c(c3O)OCO4)[C@@H]12)c1ccc(F)cc1.O=C(N[C@H]1[C@H](O)[C@@H](O)[C@@H](O)[C@@H]2NC(=O)c3c(cc4c(c3O)OCO4)[C@@H]12)c1cccc(C(F)(F)F)c1.O=C1N[C@H]2[C@H](O)[C@H](O)[C@@H](O)[C@H](NC(=O)C3CCCCC3)[C@@H]2c2cc3c(c(O)c21)OCO3. The van der Waals surface area contributed by atoms with E-state index in [0.717, 1.165) is 62.4 Å². The smallest absolute Gasteiger partial charge is 0.416 e. The van der Waals surface area contributed by atoms with Gasteiger partial charge < -0.3 is 157 Å². The van der Waals surface area contributed by atoms with E-state index in [0.29, 0.717) is 22.8 Å². The number of ether oxygens (including phenoxy) is 8. The maximum absolute atomic E-state index is 13.2. The van der Waals surface area contributed by atoms with E-state index < -0.39 is 221 Å². The minimum atomic E-state index is -4.70. The molecule has 0 saturated heterocycles. The fourth-order valence-corrected chi connectivity index (χ4v) is 19.8. The summed E-state index contributed by atoms with van der Waals surface area (Å²) in [7, 11) is 0. The Balaban J connectivity index is 0.000000121. The molecule has 8 aliphatic heterocycles. The number of carbonyl (C=O) groups excluding carboxylic acids is 8. The summed E-state index contributed by atoms with van der Waals surface area (Å²) in [6.07, 6.45) is -19.4. The number of hydrogen-bond donors (Lipinski definition) is 23. The minimum Gasteiger partial charge on any atom is -0.504 e. The molecule has 5 fully saturated rings. The predicted molar refractivity (Wildman–Crippen MR) is 423 cm³/mol. The molecule has 39 nitrogen and oxygen atoms in total. The van der Waals surface area contributed by atoms with Crippen molar-refractivity contribution in [1.82, 2.24) is 37.2 Å². The number of ketones is 1. The van der Waals surface area contributed by atoms with Crippen LogP contribution in [0.4, 0.5) is 17.6 Å². The van der Waals surface area contributed by atoms with Crippen LogP contribution < -0.4 is 75.1 Å². The molecule has 43 heteroatoms. The van der Waals surface area contributed by atoms with Crippen LogP contribution in [0.3, 0.4) is 0 Å². The highest BCUT2D eigenvalue weighted by molar-refractivity contribution is 6.05. The first kappa shape index (κ1) is 88.4. The third-order valence-electron chi connectivity index (χ3n) is 26.1. The fraction of sp³-hybridized carbons (Fsp3) is 0.419. The van der Waals surface area contributed by atoms with Gasteiger partial charge in [0.15, 0.2) is 51.8 Å². The number of aliphatic hydroxyl groups is 12. The van der Waals surface area contributed by atoms with Gasteiger partial charge in [0.2, 0.25) is 56.1 Å². The number of hydrogen-bond acceptors (Lipinski definition) is 32. The summed E-state index contributed by atoms with van der Waals surface area (Å²) >= 11 is 0. The second-order valence-electron chi connectivity index (χ2n) is 33.3. The van der Waals surface area contributed by atoms with Gasteiger partial charge in [-0.1, -0.05) is 55.7 Å². The van der Waals surface area contributed by atoms with Gasteiger partial charge in [-0.05, 0) is 102 Å². The highest BCUT2D eigenvalue weighted by atomic mass is 19.4. The summed E-state index contributed by atoms with van der Waals surface area (Å²) in [5, 5.41) is 188. The molecule has 13 aliphatic rings. The molecule has 20 rings (SSSR count). The predicted octanol–water partition coefficient (Wildman–Crippen LogP) is -0.639. The molecule has 24 atom stereocenters. The zero-order valence-corrected chi connectivity index (χ0v) is 67.0. The van der Waals surface area contributed by atoms with Crippen LogP contribution in [0.5, 0.6) is 69.0 Å². The molecule has 0 spiro atoms. The Hall–Kier alpha value is -12.7. The van der Waals surface area contributed by atoms with Gasteiger partial charge in [-0.2, -0.15) is 13.2 Å². The normalized spacial score (nSPS) is 31.1. The van der Waals surface area contributed by atoms with Gasteiger partial charge in [0, 0.05) is 58.6 Å². The Morgan fingerprint density at radius 2 is 0.713 bits per heavy atom. The van der Waals surface area contributed by atoms with E-state index in [2.05, 4.69) is 37.2 Å². The number of carbonyl (C=O) groups is 8. The van der Waals surface area contributed by atoms with Gasteiger partial charge in [0.25, 0.3) is 35.4 Å². The van der Waals surface area contributed by atoms with Crippen LogP contribution in [-0.2, 0) is 11.0 Å². The Morgan fingerprint density at radius 1 is 0.372 bits per heavy atom. The van der Waals surface area contributed by atoms with E-state index >= 15 is 0 Å². The molecular weight excluding hydrogens is 1720 g/mol. The van der Waals surface area contributed by atoms with E-state index in [1.165, 1.54) is 36.4 Å². The monoisotopic (exact) mass is 1800 g/mol. The number of alkyl halides is 3. The topological polar surface area (TPSA) is 618 Å². The van der Waals surface area contributed by atoms with Crippen LogP contribution in [0.2, 0.25) is 0 Å². The summed E-state index contributed by atoms with van der Waals surface area (Å²) in [6.45, 7) is -0.647. The highest BCUT2D eigenvalue weighted by Gasteiger charge is 2.60. The molecule has 0 aromatic heterocycles. The lowest BCUT2D eigenvalue weighted by atomic mass is 9.64. The largest absolute Gasteiger partial charge is 0.504 e. The maximum Gasteiger partial charge on any atom is 0.416 e. The zero-order chi connectivity index (χ0) is 91.7. The number of nitrogens with one attached hydrogen (secondary N) is 7. The van der Waals surface area contributed by atoms with Crippen LogP contribution in [0, 0.1) is 17.7 Å². The third kappa shape index (κ3) is 15.5. The fourth-order valence-electron chi connectivity index (χ4n) is 19.8. The van der Waals surface area contributed by atoms with Gasteiger partial charge >= 0.3 is 6.18 Å². The Labute approximate surface area is 724 Å². The minimum absolute atomic E-state index is 0.0128. The van der Waals surface area contributed by atoms with Gasteiger partial charge in [0.1, 0.15) is 73.0 Å². The summed E-state index contributed by atoms with van der Waals surface area (Å²) < 4.78 is 94.7. The summed E-state index contributed by atoms with van der Waals surface area (Å²) in [5.74, 6) is -11.2.